The quantitative estimate of drug-likeness (QED) is 0.353. The minimum atomic E-state index is -1.50. The molecule has 0 heterocycles. The molecule has 3 nitrogen and oxygen atoms in total. The van der Waals surface area contributed by atoms with Gasteiger partial charge in [-0.2, -0.15) is 5.26 Å². The van der Waals surface area contributed by atoms with Crippen molar-refractivity contribution in [2.75, 3.05) is 0 Å². The number of hydrogen-bond acceptors (Lipinski definition) is 3. The van der Waals surface area contributed by atoms with Gasteiger partial charge in [-0.05, 0) is 12.9 Å². The van der Waals surface area contributed by atoms with Gasteiger partial charge in [0.1, 0.15) is 0 Å². The number of nitriles is 1. The molecule has 0 aromatic rings. The summed E-state index contributed by atoms with van der Waals surface area (Å²) in [7, 11) is -1.50. The van der Waals surface area contributed by atoms with Crippen molar-refractivity contribution in [1.29, 1.82) is 5.26 Å². The van der Waals surface area contributed by atoms with Crippen LogP contribution in [0.15, 0.2) is 11.5 Å². The Morgan fingerprint density at radius 2 is 2.25 bits per heavy atom. The maximum atomic E-state index is 8.18. The summed E-state index contributed by atoms with van der Waals surface area (Å²) in [5.74, 6) is 1.06. The Morgan fingerprint density at radius 1 is 1.75 bits per heavy atom. The average Bonchev–Trinajstić information content (AvgIpc) is 1.65. The summed E-state index contributed by atoms with van der Waals surface area (Å²) < 4.78 is 0. The zero-order valence-electron chi connectivity index (χ0n) is 4.50. The molecule has 0 fully saturated rings. The highest BCUT2D eigenvalue weighted by atomic mass is 16.4. The van der Waals surface area contributed by atoms with Gasteiger partial charge in [0.15, 0.2) is 0 Å². The maximum absolute atomic E-state index is 8.18. The molecule has 0 spiro atoms. The fraction of sp³-hybridized carbons (Fsp3) is 0.250. The minimum Gasteiger partial charge on any atom is -0.424 e. The zero-order valence-corrected chi connectivity index (χ0v) is 4.50. The van der Waals surface area contributed by atoms with E-state index >= 15 is 0 Å². The summed E-state index contributed by atoms with van der Waals surface area (Å²) in [5.41, 5.74) is 0.306. The molecule has 0 radical (unpaired) electrons. The summed E-state index contributed by atoms with van der Waals surface area (Å²) in [6.07, 6.45) is 0. The Hall–Kier alpha value is -0.785. The predicted molar refractivity (Wildman–Crippen MR) is 29.6 cm³/mol. The van der Waals surface area contributed by atoms with Crippen molar-refractivity contribution in [1.82, 2.24) is 0 Å². The largest absolute Gasteiger partial charge is 0.481 e. The van der Waals surface area contributed by atoms with E-state index in [0.29, 0.717) is 5.57 Å². The Bertz CT molecular complexity index is 135. The third-order valence-electron chi connectivity index (χ3n) is 0.575. The van der Waals surface area contributed by atoms with E-state index in [-0.39, 0.29) is 0 Å². The van der Waals surface area contributed by atoms with Gasteiger partial charge in [0.2, 0.25) is 0 Å². The van der Waals surface area contributed by atoms with Crippen molar-refractivity contribution in [3.63, 3.8) is 0 Å². The van der Waals surface area contributed by atoms with Gasteiger partial charge < -0.3 is 10.0 Å². The van der Waals surface area contributed by atoms with E-state index in [9.17, 15) is 0 Å². The molecular formula is C4H6BNO2. The maximum Gasteiger partial charge on any atom is 0.481 e. The van der Waals surface area contributed by atoms with E-state index in [2.05, 4.69) is 0 Å². The molecule has 4 heteroatoms. The summed E-state index contributed by atoms with van der Waals surface area (Å²) >= 11 is 0. The van der Waals surface area contributed by atoms with Crippen molar-refractivity contribution in [2.24, 2.45) is 0 Å². The van der Waals surface area contributed by atoms with E-state index in [4.69, 9.17) is 15.3 Å². The molecular weight excluding hydrogens is 105 g/mol. The van der Waals surface area contributed by atoms with E-state index in [0.717, 1.165) is 5.98 Å². The lowest BCUT2D eigenvalue weighted by Gasteiger charge is -1.84. The van der Waals surface area contributed by atoms with Crippen molar-refractivity contribution < 1.29 is 10.0 Å². The molecule has 0 aromatic carbocycles. The summed E-state index contributed by atoms with van der Waals surface area (Å²) in [6, 6.07) is 1.74. The van der Waals surface area contributed by atoms with Crippen molar-refractivity contribution in [3.05, 3.63) is 11.5 Å². The minimum absolute atomic E-state index is 0.306. The molecule has 8 heavy (non-hydrogen) atoms. The fourth-order valence-electron chi connectivity index (χ4n) is 0.261. The topological polar surface area (TPSA) is 64.2 Å². The van der Waals surface area contributed by atoms with Gasteiger partial charge in [-0.25, -0.2) is 0 Å². The van der Waals surface area contributed by atoms with E-state index in [1.54, 1.807) is 6.07 Å². The first-order valence-electron chi connectivity index (χ1n) is 2.11. The van der Waals surface area contributed by atoms with Crippen LogP contribution in [-0.2, 0) is 0 Å². The summed E-state index contributed by atoms with van der Waals surface area (Å²) in [4.78, 5) is 0. The van der Waals surface area contributed by atoms with E-state index in [1.807, 2.05) is 0 Å². The van der Waals surface area contributed by atoms with Crippen LogP contribution in [0, 0.1) is 11.3 Å². The molecule has 0 bridgehead atoms. The second-order valence-electron chi connectivity index (χ2n) is 1.38. The van der Waals surface area contributed by atoms with Gasteiger partial charge in [0.25, 0.3) is 0 Å². The Labute approximate surface area is 48.0 Å². The van der Waals surface area contributed by atoms with Crippen LogP contribution in [0.4, 0.5) is 0 Å². The van der Waals surface area contributed by atoms with Crippen molar-refractivity contribution in [3.8, 4) is 6.07 Å². The van der Waals surface area contributed by atoms with Crippen LogP contribution >= 0.6 is 0 Å². The summed E-state index contributed by atoms with van der Waals surface area (Å²) in [6.45, 7) is 1.50. The standard InChI is InChI=1S/C4H6BNO2/c1-4(3-6)2-5(7)8/h2,7-8H,1H3/b4-2+. The summed E-state index contributed by atoms with van der Waals surface area (Å²) in [5, 5.41) is 24.4. The monoisotopic (exact) mass is 111 g/mol. The van der Waals surface area contributed by atoms with Gasteiger partial charge >= 0.3 is 7.12 Å². The number of nitrogens with zero attached hydrogens (tertiary/aromatic N) is 1. The molecule has 0 saturated heterocycles. The second-order valence-corrected chi connectivity index (χ2v) is 1.38. The SMILES string of the molecule is C/C(C#N)=C\B(O)O. The molecule has 0 aromatic heterocycles. The lowest BCUT2D eigenvalue weighted by Crippen LogP contribution is -2.06. The third-order valence-corrected chi connectivity index (χ3v) is 0.575. The Morgan fingerprint density at radius 3 is 2.38 bits per heavy atom. The van der Waals surface area contributed by atoms with Crippen LogP contribution in [0.25, 0.3) is 0 Å². The fourth-order valence-corrected chi connectivity index (χ4v) is 0.261. The third kappa shape index (κ3) is 3.41. The van der Waals surface area contributed by atoms with Gasteiger partial charge in [-0.1, -0.05) is 0 Å². The lowest BCUT2D eigenvalue weighted by atomic mass is 9.89. The molecule has 0 amide bonds. The number of rotatable bonds is 1. The van der Waals surface area contributed by atoms with E-state index < -0.39 is 7.12 Å². The zero-order chi connectivity index (χ0) is 6.57. The van der Waals surface area contributed by atoms with Gasteiger partial charge in [-0.3, -0.25) is 0 Å². The Balaban J connectivity index is 3.80. The number of allylic oxidation sites excluding steroid dienone is 1. The molecule has 0 aliphatic heterocycles. The highest BCUT2D eigenvalue weighted by molar-refractivity contribution is 6.47. The van der Waals surface area contributed by atoms with Gasteiger partial charge in [-0.15, -0.1) is 0 Å². The smallest absolute Gasteiger partial charge is 0.424 e. The first kappa shape index (κ1) is 7.21. The number of hydrogen-bond donors (Lipinski definition) is 2. The first-order chi connectivity index (χ1) is 3.66. The van der Waals surface area contributed by atoms with Crippen LogP contribution in [0.5, 0.6) is 0 Å². The van der Waals surface area contributed by atoms with Crippen molar-refractivity contribution in [2.45, 2.75) is 6.92 Å². The van der Waals surface area contributed by atoms with Gasteiger partial charge in [0.05, 0.1) is 6.07 Å². The molecule has 0 aliphatic rings. The molecule has 0 rings (SSSR count). The van der Waals surface area contributed by atoms with Gasteiger partial charge in [0, 0.05) is 5.57 Å². The molecule has 0 aliphatic carbocycles. The normalized spacial score (nSPS) is 10.5. The highest BCUT2D eigenvalue weighted by Gasteiger charge is 1.99. The highest BCUT2D eigenvalue weighted by Crippen LogP contribution is 1.87. The molecule has 2 N–H and O–H groups in total. The average molecular weight is 111 g/mol. The predicted octanol–water partition coefficient (Wildman–Crippen LogP) is -0.532. The van der Waals surface area contributed by atoms with Crippen molar-refractivity contribution >= 4 is 7.12 Å². The molecule has 0 saturated carbocycles. The Kier molecular flexibility index (Phi) is 2.93. The van der Waals surface area contributed by atoms with Crippen LogP contribution in [0.1, 0.15) is 6.92 Å². The van der Waals surface area contributed by atoms with E-state index in [1.165, 1.54) is 6.92 Å². The molecule has 0 unspecified atom stereocenters. The first-order valence-corrected chi connectivity index (χ1v) is 2.11. The van der Waals surface area contributed by atoms with Crippen LogP contribution in [-0.4, -0.2) is 17.2 Å². The second kappa shape index (κ2) is 3.25. The molecule has 0 atom stereocenters. The lowest BCUT2D eigenvalue weighted by molar-refractivity contribution is 0.424. The van der Waals surface area contributed by atoms with Crippen LogP contribution in [0.3, 0.4) is 0 Å². The van der Waals surface area contributed by atoms with Crippen LogP contribution < -0.4 is 0 Å². The van der Waals surface area contributed by atoms with Crippen LogP contribution in [0.2, 0.25) is 0 Å². The molecule has 42 valence electrons.